The number of carbonyl (C=O) groups excluding carboxylic acids is 1. The number of hydrogen-bond acceptors (Lipinski definition) is 3. The average Bonchev–Trinajstić information content (AvgIpc) is 2.64. The molecule has 0 atom stereocenters. The Morgan fingerprint density at radius 1 is 0.962 bits per heavy atom. The summed E-state index contributed by atoms with van der Waals surface area (Å²) in [5.74, 6) is -0.328. The van der Waals surface area contributed by atoms with E-state index in [1.165, 1.54) is 23.3 Å². The van der Waals surface area contributed by atoms with Crippen molar-refractivity contribution >= 4 is 11.5 Å². The molecule has 0 amide bonds. The Kier molecular flexibility index (Phi) is 8.16. The molecule has 0 fully saturated rings. The second-order valence-corrected chi connectivity index (χ2v) is 6.34. The molecule has 0 heterocycles. The summed E-state index contributed by atoms with van der Waals surface area (Å²) in [7, 11) is 0. The molecular weight excluding hydrogens is 327 g/mol. The molecule has 1 N–H and O–H groups in total. The van der Waals surface area contributed by atoms with Crippen molar-refractivity contribution in [1.29, 1.82) is 0 Å². The van der Waals surface area contributed by atoms with Crippen molar-refractivity contribution in [3.63, 3.8) is 0 Å². The monoisotopic (exact) mass is 354 g/mol. The van der Waals surface area contributed by atoms with Gasteiger partial charge in [-0.2, -0.15) is 0 Å². The zero-order valence-corrected chi connectivity index (χ0v) is 15.6. The van der Waals surface area contributed by atoms with Crippen LogP contribution < -0.4 is 5.32 Å². The van der Waals surface area contributed by atoms with Crippen molar-refractivity contribution in [2.75, 3.05) is 6.67 Å². The van der Waals surface area contributed by atoms with Crippen LogP contribution in [0, 0.1) is 5.82 Å². The fraction of sp³-hybridized carbons (Fsp3) is 0.364. The summed E-state index contributed by atoms with van der Waals surface area (Å²) >= 11 is 0. The number of aryl methyl sites for hydroxylation is 1. The molecular formula is C22H27FN2O. The maximum atomic E-state index is 13.1. The highest BCUT2D eigenvalue weighted by Gasteiger charge is 2.12. The Balaban J connectivity index is 1.98. The van der Waals surface area contributed by atoms with Crippen molar-refractivity contribution in [3.8, 4) is 0 Å². The lowest BCUT2D eigenvalue weighted by Gasteiger charge is -2.08. The van der Waals surface area contributed by atoms with Crippen LogP contribution in [0.5, 0.6) is 0 Å². The number of ketones is 1. The van der Waals surface area contributed by atoms with E-state index in [0.29, 0.717) is 30.9 Å². The van der Waals surface area contributed by atoms with E-state index in [2.05, 4.69) is 41.5 Å². The Bertz CT molecular complexity index is 721. The van der Waals surface area contributed by atoms with E-state index in [1.54, 1.807) is 12.1 Å². The smallest absolute Gasteiger partial charge is 0.181 e. The van der Waals surface area contributed by atoms with Crippen molar-refractivity contribution in [2.24, 2.45) is 4.99 Å². The fourth-order valence-corrected chi connectivity index (χ4v) is 2.74. The molecule has 2 aromatic rings. The largest absolute Gasteiger partial charge is 0.294 e. The zero-order valence-electron chi connectivity index (χ0n) is 15.6. The number of aliphatic imine (C=N–C) groups is 1. The number of carbonyl (C=O) groups is 1. The van der Waals surface area contributed by atoms with E-state index in [-0.39, 0.29) is 11.6 Å². The Labute approximate surface area is 155 Å². The highest BCUT2D eigenvalue weighted by molar-refractivity contribution is 6.46. The standard InChI is InChI=1S/C22H27FN2O/c1-3-5-17-7-9-18(10-8-17)15-24-16-25-22(21(26)6-4-2)19-11-13-20(23)14-12-19/h7-14,24H,3-6,15-16H2,1-2H3/b25-22-. The summed E-state index contributed by atoms with van der Waals surface area (Å²) in [6, 6.07) is 14.5. The first-order chi connectivity index (χ1) is 12.6. The quantitative estimate of drug-likeness (QED) is 0.497. The Hall–Kier alpha value is -2.33. The molecule has 0 bridgehead atoms. The number of nitrogens with zero attached hydrogens (tertiary/aromatic N) is 1. The molecule has 0 radical (unpaired) electrons. The molecule has 0 aliphatic heterocycles. The van der Waals surface area contributed by atoms with Gasteiger partial charge in [0.25, 0.3) is 0 Å². The van der Waals surface area contributed by atoms with Gasteiger partial charge < -0.3 is 0 Å². The molecule has 138 valence electrons. The van der Waals surface area contributed by atoms with Gasteiger partial charge in [-0.05, 0) is 48.2 Å². The van der Waals surface area contributed by atoms with Crippen LogP contribution in [-0.4, -0.2) is 18.2 Å². The fourth-order valence-electron chi connectivity index (χ4n) is 2.74. The van der Waals surface area contributed by atoms with Crippen LogP contribution in [0.2, 0.25) is 0 Å². The van der Waals surface area contributed by atoms with Crippen LogP contribution in [0.15, 0.2) is 53.5 Å². The summed E-state index contributed by atoms with van der Waals surface area (Å²) in [6.45, 7) is 5.17. The van der Waals surface area contributed by atoms with E-state index >= 15 is 0 Å². The first-order valence-electron chi connectivity index (χ1n) is 9.26. The predicted octanol–water partition coefficient (Wildman–Crippen LogP) is 4.68. The minimum atomic E-state index is -0.319. The molecule has 3 nitrogen and oxygen atoms in total. The summed E-state index contributed by atoms with van der Waals surface area (Å²) in [5, 5.41) is 3.25. The summed E-state index contributed by atoms with van der Waals surface area (Å²) in [4.78, 5) is 16.8. The van der Waals surface area contributed by atoms with E-state index in [4.69, 9.17) is 0 Å². The second-order valence-electron chi connectivity index (χ2n) is 6.34. The van der Waals surface area contributed by atoms with E-state index in [9.17, 15) is 9.18 Å². The molecule has 26 heavy (non-hydrogen) atoms. The Morgan fingerprint density at radius 3 is 2.23 bits per heavy atom. The van der Waals surface area contributed by atoms with Gasteiger partial charge in [0.1, 0.15) is 11.5 Å². The van der Waals surface area contributed by atoms with Crippen molar-refractivity contribution in [2.45, 2.75) is 46.1 Å². The minimum Gasteiger partial charge on any atom is -0.294 e. The van der Waals surface area contributed by atoms with Crippen molar-refractivity contribution in [1.82, 2.24) is 5.32 Å². The topological polar surface area (TPSA) is 41.5 Å². The number of hydrogen-bond donors (Lipinski definition) is 1. The number of rotatable bonds is 10. The molecule has 0 spiro atoms. The van der Waals surface area contributed by atoms with E-state index in [0.717, 1.165) is 19.3 Å². The molecule has 4 heteroatoms. The van der Waals surface area contributed by atoms with Gasteiger partial charge in [-0.1, -0.05) is 44.5 Å². The van der Waals surface area contributed by atoms with Crippen LogP contribution >= 0.6 is 0 Å². The minimum absolute atomic E-state index is 0.00942. The summed E-state index contributed by atoms with van der Waals surface area (Å²) in [5.41, 5.74) is 3.61. The molecule has 2 rings (SSSR count). The van der Waals surface area contributed by atoms with Gasteiger partial charge >= 0.3 is 0 Å². The number of halogens is 1. The average molecular weight is 354 g/mol. The predicted molar refractivity (Wildman–Crippen MR) is 105 cm³/mol. The number of nitrogens with one attached hydrogen (secondary N) is 1. The van der Waals surface area contributed by atoms with Gasteiger partial charge in [-0.15, -0.1) is 0 Å². The molecule has 0 aliphatic carbocycles. The maximum absolute atomic E-state index is 13.1. The third kappa shape index (κ3) is 6.19. The van der Waals surface area contributed by atoms with Gasteiger partial charge in [-0.3, -0.25) is 15.1 Å². The molecule has 0 saturated carbocycles. The lowest BCUT2D eigenvalue weighted by molar-refractivity contribution is -0.112. The third-order valence-corrected chi connectivity index (χ3v) is 4.10. The molecule has 0 unspecified atom stereocenters. The van der Waals surface area contributed by atoms with Gasteiger partial charge in [0.05, 0.1) is 6.67 Å². The van der Waals surface area contributed by atoms with Gasteiger partial charge in [-0.25, -0.2) is 4.39 Å². The maximum Gasteiger partial charge on any atom is 0.181 e. The molecule has 0 saturated heterocycles. The van der Waals surface area contributed by atoms with Crippen LogP contribution in [0.4, 0.5) is 4.39 Å². The second kappa shape index (κ2) is 10.6. The lowest BCUT2D eigenvalue weighted by atomic mass is 10.0. The van der Waals surface area contributed by atoms with Crippen molar-refractivity contribution < 1.29 is 9.18 Å². The Morgan fingerprint density at radius 2 is 1.62 bits per heavy atom. The van der Waals surface area contributed by atoms with Crippen LogP contribution in [0.1, 0.15) is 49.8 Å². The highest BCUT2D eigenvalue weighted by atomic mass is 19.1. The first kappa shape index (κ1) is 20.0. The van der Waals surface area contributed by atoms with E-state index in [1.807, 2.05) is 6.92 Å². The van der Waals surface area contributed by atoms with Crippen molar-refractivity contribution in [3.05, 3.63) is 71.0 Å². The normalized spacial score (nSPS) is 11.6. The summed E-state index contributed by atoms with van der Waals surface area (Å²) in [6.07, 6.45) is 3.44. The lowest BCUT2D eigenvalue weighted by Crippen LogP contribution is -2.20. The van der Waals surface area contributed by atoms with Crippen LogP contribution in [-0.2, 0) is 17.8 Å². The number of benzene rings is 2. The van der Waals surface area contributed by atoms with E-state index < -0.39 is 0 Å². The first-order valence-corrected chi connectivity index (χ1v) is 9.26. The highest BCUT2D eigenvalue weighted by Crippen LogP contribution is 2.09. The van der Waals surface area contributed by atoms with Crippen LogP contribution in [0.25, 0.3) is 0 Å². The molecule has 0 aliphatic rings. The SMILES string of the molecule is CCCC(=O)/C(=N\CNCc1ccc(CCC)cc1)c1ccc(F)cc1. The zero-order chi connectivity index (χ0) is 18.8. The molecule has 2 aromatic carbocycles. The third-order valence-electron chi connectivity index (χ3n) is 4.10. The summed E-state index contributed by atoms with van der Waals surface area (Å²) < 4.78 is 13.1. The molecule has 0 aromatic heterocycles. The number of Topliss-reactive ketones (excluding diaryl/α,β-unsaturated/α-hetero) is 1. The van der Waals surface area contributed by atoms with Gasteiger partial charge in [0.15, 0.2) is 5.78 Å². The van der Waals surface area contributed by atoms with Crippen LogP contribution in [0.3, 0.4) is 0 Å². The van der Waals surface area contributed by atoms with Gasteiger partial charge in [0, 0.05) is 18.5 Å². The van der Waals surface area contributed by atoms with Gasteiger partial charge in [0.2, 0.25) is 0 Å².